The lowest BCUT2D eigenvalue weighted by atomic mass is 9.82. The number of methoxy groups -OCH3 is 1. The number of hydrogen-bond acceptors (Lipinski definition) is 15. The zero-order valence-electron chi connectivity index (χ0n) is 41.1. The van der Waals surface area contributed by atoms with Gasteiger partial charge in [-0.05, 0) is 76.7 Å². The van der Waals surface area contributed by atoms with Crippen LogP contribution in [0, 0.1) is 11.8 Å². The molecule has 0 spiro atoms. The SMILES string of the molecule is CCC(=O)O[C@H]1[C@H](C)O[C@@H](O[C@H]2[C@H](N(C)C)[C@@H](O)[C@H](O[C@H]3[C@@H](CC=O)C[C@@H](C)[C@@H](O)/C=C/C=C/C[C@@H](C)OC(=O)C[C@@H](OC/C=C/c4ccc(-c5ccccc5)cc4)[C@@H]3OC)O[C@@H]2C)C[C@@]1(C)O. The van der Waals surface area contributed by atoms with E-state index in [2.05, 4.69) is 12.1 Å². The first-order chi connectivity index (χ1) is 32.5. The van der Waals surface area contributed by atoms with Crippen molar-refractivity contribution in [3.05, 3.63) is 90.5 Å². The maximum absolute atomic E-state index is 13.7. The van der Waals surface area contributed by atoms with Crippen LogP contribution < -0.4 is 0 Å². The van der Waals surface area contributed by atoms with E-state index in [9.17, 15) is 29.7 Å². The van der Waals surface area contributed by atoms with Crippen LogP contribution >= 0.6 is 0 Å². The van der Waals surface area contributed by atoms with Gasteiger partial charge in [0.05, 0.1) is 49.6 Å². The third kappa shape index (κ3) is 15.2. The Labute approximate surface area is 402 Å². The highest BCUT2D eigenvalue weighted by Gasteiger charge is 2.53. The van der Waals surface area contributed by atoms with Crippen molar-refractivity contribution in [3.8, 4) is 11.1 Å². The molecule has 0 radical (unpaired) electrons. The number of ether oxygens (including phenoxy) is 8. The van der Waals surface area contributed by atoms with Gasteiger partial charge < -0.3 is 62.9 Å². The Morgan fingerprint density at radius 2 is 1.63 bits per heavy atom. The van der Waals surface area contributed by atoms with Crippen LogP contribution in [0.1, 0.15) is 85.6 Å². The van der Waals surface area contributed by atoms with Crippen molar-refractivity contribution in [2.45, 2.75) is 165 Å². The van der Waals surface area contributed by atoms with E-state index < -0.39 is 103 Å². The van der Waals surface area contributed by atoms with E-state index in [1.54, 1.807) is 71.8 Å². The lowest BCUT2D eigenvalue weighted by Crippen LogP contribution is -2.66. The lowest BCUT2D eigenvalue weighted by Gasteiger charge is -2.50. The van der Waals surface area contributed by atoms with E-state index in [-0.39, 0.29) is 44.6 Å². The molecule has 0 unspecified atom stereocenters. The molecule has 15 nitrogen and oxygen atoms in total. The number of benzene rings is 2. The van der Waals surface area contributed by atoms with Crippen LogP contribution in [0.25, 0.3) is 17.2 Å². The van der Waals surface area contributed by atoms with Crippen molar-refractivity contribution < 1.29 is 67.6 Å². The van der Waals surface area contributed by atoms with Crippen LogP contribution in [0.5, 0.6) is 0 Å². The van der Waals surface area contributed by atoms with Gasteiger partial charge in [-0.1, -0.05) is 105 Å². The lowest BCUT2D eigenvalue weighted by molar-refractivity contribution is -0.344. The number of aldehydes is 1. The molecule has 3 N–H and O–H groups in total. The first kappa shape index (κ1) is 54.8. The Kier molecular flexibility index (Phi) is 21.1. The fourth-order valence-electron chi connectivity index (χ4n) is 9.39. The van der Waals surface area contributed by atoms with Crippen molar-refractivity contribution >= 4 is 24.3 Å². The molecule has 2 saturated heterocycles. The minimum Gasteiger partial charge on any atom is -0.462 e. The van der Waals surface area contributed by atoms with Crippen molar-refractivity contribution in [2.24, 2.45) is 11.8 Å². The third-order valence-electron chi connectivity index (χ3n) is 13.0. The molecule has 2 fully saturated rings. The predicted octanol–water partition coefficient (Wildman–Crippen LogP) is 6.21. The maximum Gasteiger partial charge on any atom is 0.308 e. The number of allylic oxidation sites excluding steroid dienone is 2. The smallest absolute Gasteiger partial charge is 0.308 e. The maximum atomic E-state index is 13.7. The molecule has 15 heteroatoms. The number of aliphatic hydroxyl groups is 3. The van der Waals surface area contributed by atoms with Gasteiger partial charge in [0.1, 0.15) is 36.3 Å². The zero-order chi connectivity index (χ0) is 49.5. The quantitative estimate of drug-likeness (QED) is 0.135. The second kappa shape index (κ2) is 26.2. The summed E-state index contributed by atoms with van der Waals surface area (Å²) in [5.74, 6) is -2.00. The Morgan fingerprint density at radius 3 is 2.28 bits per heavy atom. The molecule has 0 saturated carbocycles. The monoisotopic (exact) mass is 950 g/mol. The van der Waals surface area contributed by atoms with E-state index in [4.69, 9.17) is 37.9 Å². The van der Waals surface area contributed by atoms with E-state index in [1.165, 1.54) is 7.11 Å². The van der Waals surface area contributed by atoms with E-state index >= 15 is 0 Å². The number of hydrogen-bond donors (Lipinski definition) is 3. The fourth-order valence-corrected chi connectivity index (χ4v) is 9.39. The van der Waals surface area contributed by atoms with Crippen molar-refractivity contribution in [3.63, 3.8) is 0 Å². The Bertz CT molecular complexity index is 1950. The van der Waals surface area contributed by atoms with Crippen LogP contribution in [-0.2, 0) is 52.3 Å². The number of carbonyl (C=O) groups is 3. The van der Waals surface area contributed by atoms with Crippen molar-refractivity contribution in [1.29, 1.82) is 0 Å². The van der Waals surface area contributed by atoms with Gasteiger partial charge >= 0.3 is 11.9 Å². The van der Waals surface area contributed by atoms with Gasteiger partial charge in [0, 0.05) is 32.8 Å². The second-order valence-electron chi connectivity index (χ2n) is 18.8. The summed E-state index contributed by atoms with van der Waals surface area (Å²) in [4.78, 5) is 40.3. The number of nitrogens with zero attached hydrogens (tertiary/aromatic N) is 1. The third-order valence-corrected chi connectivity index (χ3v) is 13.0. The van der Waals surface area contributed by atoms with Crippen LogP contribution in [0.3, 0.4) is 0 Å². The molecule has 3 heterocycles. The number of aliphatic hydroxyl groups excluding tert-OH is 2. The largest absolute Gasteiger partial charge is 0.462 e. The van der Waals surface area contributed by atoms with E-state index in [0.29, 0.717) is 6.42 Å². The molecule has 376 valence electrons. The first-order valence-corrected chi connectivity index (χ1v) is 23.9. The molecule has 2 aromatic rings. The number of esters is 2. The Hall–Kier alpha value is -4.13. The predicted molar refractivity (Wildman–Crippen MR) is 256 cm³/mol. The minimum absolute atomic E-state index is 0.0226. The van der Waals surface area contributed by atoms with Crippen molar-refractivity contribution in [1.82, 2.24) is 4.90 Å². The number of rotatable bonds is 15. The summed E-state index contributed by atoms with van der Waals surface area (Å²) in [7, 11) is 5.04. The highest BCUT2D eigenvalue weighted by atomic mass is 16.7. The fraction of sp³-hybridized carbons (Fsp3) is 0.604. The molecule has 3 aliphatic heterocycles. The molecule has 16 atom stereocenters. The van der Waals surface area contributed by atoms with Gasteiger partial charge in [-0.3, -0.25) is 9.59 Å². The molecule has 5 rings (SSSR count). The van der Waals surface area contributed by atoms with Gasteiger partial charge in [-0.15, -0.1) is 0 Å². The molecular weight excluding hydrogens is 875 g/mol. The normalized spacial score (nSPS) is 36.5. The summed E-state index contributed by atoms with van der Waals surface area (Å²) >= 11 is 0. The van der Waals surface area contributed by atoms with Gasteiger partial charge in [0.25, 0.3) is 0 Å². The topological polar surface area (TPSA) is 189 Å². The summed E-state index contributed by atoms with van der Waals surface area (Å²) in [5, 5.41) is 35.0. The Balaban J connectivity index is 1.44. The van der Waals surface area contributed by atoms with Gasteiger partial charge in [0.15, 0.2) is 18.7 Å². The van der Waals surface area contributed by atoms with E-state index in [1.807, 2.05) is 67.6 Å². The standard InChI is InChI=1S/C53H75NO14/c1-10-43(57)66-51-36(5)64-45(32-53(51,6)60)67-48-35(4)65-52(47(59)46(48)54(7)8)68-49-40(27-28-55)30-33(2)41(56)22-16-11-13-18-34(3)63-44(58)31-42(50(49)61-9)62-29-17-19-37-23-25-39(26-24-37)38-20-14-12-15-21-38/h11-17,19-26,28,33-36,40-42,45-52,56,59-60H,10,18,27,29-32H2,1-9H3/b13-11+,19-17+,22-16+/t33-,34-,35-,36+,40+,41+,42-,45+,46-,47-,48-,49+,50+,51+,52+,53-/m1/s1. The molecule has 0 bridgehead atoms. The molecule has 2 aromatic carbocycles. The van der Waals surface area contributed by atoms with Crippen LogP contribution in [0.4, 0.5) is 0 Å². The molecule has 0 aromatic heterocycles. The summed E-state index contributed by atoms with van der Waals surface area (Å²) in [6.45, 7) is 10.5. The highest BCUT2D eigenvalue weighted by molar-refractivity contribution is 5.70. The number of cyclic esters (lactones) is 1. The Morgan fingerprint density at radius 1 is 0.926 bits per heavy atom. The summed E-state index contributed by atoms with van der Waals surface area (Å²) in [6.07, 6.45) is 0.948. The summed E-state index contributed by atoms with van der Waals surface area (Å²) in [6, 6.07) is 17.4. The molecule has 3 aliphatic rings. The first-order valence-electron chi connectivity index (χ1n) is 23.9. The van der Waals surface area contributed by atoms with Crippen molar-refractivity contribution in [2.75, 3.05) is 27.8 Å². The number of carbonyl (C=O) groups excluding carboxylic acids is 3. The van der Waals surface area contributed by atoms with Gasteiger partial charge in [-0.25, -0.2) is 0 Å². The molecule has 68 heavy (non-hydrogen) atoms. The van der Waals surface area contributed by atoms with E-state index in [0.717, 1.165) is 23.0 Å². The minimum atomic E-state index is -1.49. The zero-order valence-corrected chi connectivity index (χ0v) is 41.1. The highest BCUT2D eigenvalue weighted by Crippen LogP contribution is 2.38. The van der Waals surface area contributed by atoms with Gasteiger partial charge in [0.2, 0.25) is 0 Å². The average molecular weight is 950 g/mol. The van der Waals surface area contributed by atoms with Crippen LogP contribution in [0.15, 0.2) is 85.0 Å². The molecule has 0 aliphatic carbocycles. The van der Waals surface area contributed by atoms with Crippen LogP contribution in [0.2, 0.25) is 0 Å². The van der Waals surface area contributed by atoms with Gasteiger partial charge in [-0.2, -0.15) is 0 Å². The molecule has 0 amide bonds. The average Bonchev–Trinajstić information content (AvgIpc) is 3.29. The summed E-state index contributed by atoms with van der Waals surface area (Å²) < 4.78 is 50.2. The number of likely N-dealkylation sites (N-methyl/N-ethyl adjacent to an activating group) is 1. The molecular formula is C53H75NO14. The van der Waals surface area contributed by atoms with Crippen LogP contribution in [-0.4, -0.2) is 152 Å². The second-order valence-corrected chi connectivity index (χ2v) is 18.8. The summed E-state index contributed by atoms with van der Waals surface area (Å²) in [5.41, 5.74) is 1.65.